The summed E-state index contributed by atoms with van der Waals surface area (Å²) in [5, 5.41) is 0. The molecule has 0 saturated heterocycles. The van der Waals surface area contributed by atoms with Crippen LogP contribution in [0.3, 0.4) is 0 Å². The standard InChI is InChI=1S/C12H14O.C11H12O2/c1-9-4-3-5-10-8-11(13-2)6-7-12(9)10;1-13-9-5-6-10-8(7-9)3-2-4-11(10)12/h6-8H,1,3-5H2,2H3;5-7H,2-4H2,1H3. The van der Waals surface area contributed by atoms with E-state index in [1.54, 1.807) is 14.2 Å². The molecule has 0 amide bonds. The molecule has 0 spiro atoms. The summed E-state index contributed by atoms with van der Waals surface area (Å²) in [5.74, 6) is 2.06. The lowest BCUT2D eigenvalue weighted by atomic mass is 9.88. The molecule has 0 saturated carbocycles. The quantitative estimate of drug-likeness (QED) is 0.741. The molecular weight excluding hydrogens is 324 g/mol. The highest BCUT2D eigenvalue weighted by Crippen LogP contribution is 2.31. The van der Waals surface area contributed by atoms with Crippen molar-refractivity contribution in [1.29, 1.82) is 0 Å². The summed E-state index contributed by atoms with van der Waals surface area (Å²) in [5.41, 5.74) is 5.99. The van der Waals surface area contributed by atoms with Gasteiger partial charge in [-0.2, -0.15) is 0 Å². The smallest absolute Gasteiger partial charge is 0.163 e. The third kappa shape index (κ3) is 3.98. The van der Waals surface area contributed by atoms with Crippen molar-refractivity contribution in [1.82, 2.24) is 0 Å². The summed E-state index contributed by atoms with van der Waals surface area (Å²) in [4.78, 5) is 11.4. The van der Waals surface area contributed by atoms with E-state index in [9.17, 15) is 4.79 Å². The van der Waals surface area contributed by atoms with Crippen molar-refractivity contribution in [2.75, 3.05) is 14.2 Å². The number of ether oxygens (including phenoxy) is 2. The molecule has 2 aromatic carbocycles. The van der Waals surface area contributed by atoms with E-state index in [-0.39, 0.29) is 5.78 Å². The van der Waals surface area contributed by atoms with E-state index < -0.39 is 0 Å². The Morgan fingerprint density at radius 1 is 0.769 bits per heavy atom. The average molecular weight is 350 g/mol. The van der Waals surface area contributed by atoms with Crippen LogP contribution in [0.15, 0.2) is 43.0 Å². The van der Waals surface area contributed by atoms with Crippen LogP contribution in [0, 0.1) is 0 Å². The molecular formula is C23H26O3. The highest BCUT2D eigenvalue weighted by Gasteiger charge is 2.17. The Labute approximate surface area is 155 Å². The van der Waals surface area contributed by atoms with Gasteiger partial charge in [-0.3, -0.25) is 4.79 Å². The second-order valence-electron chi connectivity index (χ2n) is 6.78. The third-order valence-electron chi connectivity index (χ3n) is 5.08. The van der Waals surface area contributed by atoms with Crippen LogP contribution in [0.1, 0.15) is 52.7 Å². The van der Waals surface area contributed by atoms with Gasteiger partial charge in [0.2, 0.25) is 0 Å². The Morgan fingerprint density at radius 2 is 1.31 bits per heavy atom. The Morgan fingerprint density at radius 3 is 1.92 bits per heavy atom. The minimum absolute atomic E-state index is 0.268. The van der Waals surface area contributed by atoms with E-state index in [4.69, 9.17) is 9.47 Å². The number of rotatable bonds is 2. The topological polar surface area (TPSA) is 35.5 Å². The van der Waals surface area contributed by atoms with Gasteiger partial charge in [0.1, 0.15) is 11.5 Å². The van der Waals surface area contributed by atoms with Gasteiger partial charge < -0.3 is 9.47 Å². The van der Waals surface area contributed by atoms with E-state index in [1.165, 1.54) is 23.1 Å². The number of carbonyl (C=O) groups is 1. The van der Waals surface area contributed by atoms with Crippen molar-refractivity contribution in [2.24, 2.45) is 0 Å². The Hall–Kier alpha value is -2.55. The normalized spacial score (nSPS) is 15.3. The molecule has 0 heterocycles. The zero-order valence-corrected chi connectivity index (χ0v) is 15.6. The maximum Gasteiger partial charge on any atom is 0.163 e. The second kappa shape index (κ2) is 8.22. The summed E-state index contributed by atoms with van der Waals surface area (Å²) in [6.07, 6.45) is 6.18. The molecule has 4 rings (SSSR count). The molecule has 3 nitrogen and oxygen atoms in total. The molecule has 0 aromatic heterocycles. The molecule has 0 bridgehead atoms. The van der Waals surface area contributed by atoms with Crippen LogP contribution in [-0.4, -0.2) is 20.0 Å². The van der Waals surface area contributed by atoms with Crippen LogP contribution in [0.5, 0.6) is 11.5 Å². The van der Waals surface area contributed by atoms with Gasteiger partial charge in [-0.05, 0) is 84.7 Å². The number of carbonyl (C=O) groups excluding carboxylic acids is 1. The van der Waals surface area contributed by atoms with Crippen LogP contribution < -0.4 is 9.47 Å². The minimum Gasteiger partial charge on any atom is -0.497 e. The number of fused-ring (bicyclic) bond motifs is 2. The van der Waals surface area contributed by atoms with Gasteiger partial charge in [-0.1, -0.05) is 12.6 Å². The van der Waals surface area contributed by atoms with Crippen molar-refractivity contribution >= 4 is 11.4 Å². The van der Waals surface area contributed by atoms with Gasteiger partial charge in [0.05, 0.1) is 14.2 Å². The van der Waals surface area contributed by atoms with E-state index >= 15 is 0 Å². The molecule has 0 aliphatic heterocycles. The van der Waals surface area contributed by atoms with Gasteiger partial charge in [-0.25, -0.2) is 0 Å². The lowest BCUT2D eigenvalue weighted by Crippen LogP contribution is -2.10. The fourth-order valence-corrected chi connectivity index (χ4v) is 3.63. The Kier molecular flexibility index (Phi) is 5.77. The van der Waals surface area contributed by atoms with E-state index in [1.807, 2.05) is 24.3 Å². The lowest BCUT2D eigenvalue weighted by molar-refractivity contribution is 0.0972. The minimum atomic E-state index is 0.268. The van der Waals surface area contributed by atoms with Crippen LogP contribution in [0.4, 0.5) is 0 Å². The summed E-state index contributed by atoms with van der Waals surface area (Å²) in [7, 11) is 3.35. The molecule has 0 radical (unpaired) electrons. The van der Waals surface area contributed by atoms with Crippen molar-refractivity contribution < 1.29 is 14.3 Å². The largest absolute Gasteiger partial charge is 0.497 e. The van der Waals surface area contributed by atoms with Crippen molar-refractivity contribution in [3.63, 3.8) is 0 Å². The van der Waals surface area contributed by atoms with Crippen molar-refractivity contribution in [2.45, 2.75) is 38.5 Å². The van der Waals surface area contributed by atoms with Crippen LogP contribution in [-0.2, 0) is 12.8 Å². The number of allylic oxidation sites excluding steroid dienone is 1. The highest BCUT2D eigenvalue weighted by molar-refractivity contribution is 5.98. The van der Waals surface area contributed by atoms with Gasteiger partial charge in [0, 0.05) is 12.0 Å². The zero-order valence-electron chi connectivity index (χ0n) is 15.6. The maximum absolute atomic E-state index is 11.4. The summed E-state index contributed by atoms with van der Waals surface area (Å²) < 4.78 is 10.3. The number of aryl methyl sites for hydroxylation is 2. The predicted molar refractivity (Wildman–Crippen MR) is 105 cm³/mol. The van der Waals surface area contributed by atoms with E-state index in [0.29, 0.717) is 6.42 Å². The monoisotopic (exact) mass is 350 g/mol. The number of hydrogen-bond donors (Lipinski definition) is 0. The molecule has 0 N–H and O–H groups in total. The van der Waals surface area contributed by atoms with Gasteiger partial charge >= 0.3 is 0 Å². The van der Waals surface area contributed by atoms with Gasteiger partial charge in [-0.15, -0.1) is 0 Å². The Balaban J connectivity index is 0.000000151. The van der Waals surface area contributed by atoms with Crippen LogP contribution in [0.25, 0.3) is 5.57 Å². The number of ketones is 1. The first-order valence-corrected chi connectivity index (χ1v) is 9.17. The SMILES string of the molecule is C=C1CCCc2cc(OC)ccc21.COc1ccc2c(c1)CCCC2=O. The molecule has 0 atom stereocenters. The molecule has 2 aliphatic carbocycles. The summed E-state index contributed by atoms with van der Waals surface area (Å²) in [6, 6.07) is 11.9. The first-order valence-electron chi connectivity index (χ1n) is 9.17. The second-order valence-corrected chi connectivity index (χ2v) is 6.78. The number of hydrogen-bond acceptors (Lipinski definition) is 3. The Bertz CT molecular complexity index is 751. The fourth-order valence-electron chi connectivity index (χ4n) is 3.63. The predicted octanol–water partition coefficient (Wildman–Crippen LogP) is 5.26. The maximum atomic E-state index is 11.4. The summed E-state index contributed by atoms with van der Waals surface area (Å²) in [6.45, 7) is 4.07. The number of methoxy groups -OCH3 is 2. The number of benzene rings is 2. The van der Waals surface area contributed by atoms with Crippen LogP contribution >= 0.6 is 0 Å². The highest BCUT2D eigenvalue weighted by atomic mass is 16.5. The molecule has 2 aliphatic rings. The molecule has 2 aromatic rings. The van der Waals surface area contributed by atoms with Gasteiger partial charge in [0.25, 0.3) is 0 Å². The molecule has 0 unspecified atom stereocenters. The molecule has 136 valence electrons. The molecule has 26 heavy (non-hydrogen) atoms. The zero-order chi connectivity index (χ0) is 18.5. The number of Topliss-reactive ketones (excluding diaryl/α,β-unsaturated/α-hetero) is 1. The van der Waals surface area contributed by atoms with E-state index in [2.05, 4.69) is 18.7 Å². The summed E-state index contributed by atoms with van der Waals surface area (Å²) >= 11 is 0. The fraction of sp³-hybridized carbons (Fsp3) is 0.348. The van der Waals surface area contributed by atoms with Gasteiger partial charge in [0.15, 0.2) is 5.78 Å². The first-order chi connectivity index (χ1) is 12.6. The van der Waals surface area contributed by atoms with Crippen molar-refractivity contribution in [3.8, 4) is 11.5 Å². The van der Waals surface area contributed by atoms with E-state index in [0.717, 1.165) is 48.3 Å². The first kappa shape index (κ1) is 18.2. The lowest BCUT2D eigenvalue weighted by Gasteiger charge is -2.18. The third-order valence-corrected chi connectivity index (χ3v) is 5.08. The average Bonchev–Trinajstić information content (AvgIpc) is 2.68. The molecule has 3 heteroatoms. The van der Waals surface area contributed by atoms with Crippen LogP contribution in [0.2, 0.25) is 0 Å². The van der Waals surface area contributed by atoms with Crippen molar-refractivity contribution in [3.05, 3.63) is 65.2 Å². The molecule has 0 fully saturated rings.